The van der Waals surface area contributed by atoms with Crippen molar-refractivity contribution < 1.29 is 14.3 Å². The van der Waals surface area contributed by atoms with Gasteiger partial charge in [-0.15, -0.1) is 0 Å². The molecule has 0 unspecified atom stereocenters. The number of imide groups is 1. The van der Waals surface area contributed by atoms with E-state index in [1.807, 2.05) is 0 Å². The van der Waals surface area contributed by atoms with Crippen LogP contribution < -0.4 is 10.1 Å². The van der Waals surface area contributed by atoms with Crippen molar-refractivity contribution in [2.75, 3.05) is 13.2 Å². The number of nitrogens with zero attached hydrogens (tertiary/aromatic N) is 1. The van der Waals surface area contributed by atoms with Gasteiger partial charge in [-0.05, 0) is 49.4 Å². The summed E-state index contributed by atoms with van der Waals surface area (Å²) in [7, 11) is 0. The number of hydrogen-bond donors (Lipinski definition) is 1. The number of rotatable bonds is 5. The van der Waals surface area contributed by atoms with Gasteiger partial charge in [0.15, 0.2) is 0 Å². The maximum atomic E-state index is 12.8. The molecule has 1 N–H and O–H groups in total. The van der Waals surface area contributed by atoms with Crippen molar-refractivity contribution in [2.45, 2.75) is 44.6 Å². The van der Waals surface area contributed by atoms with E-state index in [2.05, 4.69) is 12.2 Å². The molecule has 1 spiro atoms. The van der Waals surface area contributed by atoms with E-state index in [4.69, 9.17) is 16.3 Å². The lowest BCUT2D eigenvalue weighted by atomic mass is 9.73. The molecule has 0 bridgehead atoms. The summed E-state index contributed by atoms with van der Waals surface area (Å²) in [6, 6.07) is 6.87. The lowest BCUT2D eigenvalue weighted by molar-refractivity contribution is -0.134. The van der Waals surface area contributed by atoms with Gasteiger partial charge in [0.05, 0.1) is 6.61 Å². The predicted octanol–water partition coefficient (Wildman–Crippen LogP) is 3.61. The third kappa shape index (κ3) is 3.22. The molecule has 1 aliphatic carbocycles. The largest absolute Gasteiger partial charge is 0.494 e. The molecule has 1 saturated heterocycles. The van der Waals surface area contributed by atoms with Gasteiger partial charge in [-0.2, -0.15) is 0 Å². The molecule has 24 heavy (non-hydrogen) atoms. The second-order valence-corrected chi connectivity index (χ2v) is 7.10. The Morgan fingerprint density at radius 2 is 2.04 bits per heavy atom. The standard InChI is InChI=1S/C18H23ClN2O3/c1-13-5-2-3-10-18(13)16(22)21(17(23)20-18)11-4-12-24-15-8-6-14(19)7-9-15/h6-9,13H,2-5,10-12H2,1H3,(H,20,23)/t13-,18-/m0/s1. The Labute approximate surface area is 147 Å². The molecule has 6 heteroatoms. The number of amides is 3. The van der Waals surface area contributed by atoms with Crippen LogP contribution in [0, 0.1) is 5.92 Å². The first kappa shape index (κ1) is 17.1. The van der Waals surface area contributed by atoms with Crippen LogP contribution in [-0.4, -0.2) is 35.5 Å². The second kappa shape index (κ2) is 7.01. The fourth-order valence-electron chi connectivity index (χ4n) is 3.64. The van der Waals surface area contributed by atoms with E-state index in [0.717, 1.165) is 31.4 Å². The van der Waals surface area contributed by atoms with E-state index >= 15 is 0 Å². The van der Waals surface area contributed by atoms with Gasteiger partial charge in [0, 0.05) is 11.6 Å². The molecule has 2 aliphatic rings. The molecule has 1 saturated carbocycles. The summed E-state index contributed by atoms with van der Waals surface area (Å²) < 4.78 is 5.62. The van der Waals surface area contributed by atoms with E-state index in [9.17, 15) is 9.59 Å². The van der Waals surface area contributed by atoms with Crippen molar-refractivity contribution >= 4 is 23.5 Å². The normalized spacial score (nSPS) is 26.8. The second-order valence-electron chi connectivity index (χ2n) is 6.66. The van der Waals surface area contributed by atoms with E-state index in [1.54, 1.807) is 24.3 Å². The zero-order valence-electron chi connectivity index (χ0n) is 13.9. The highest BCUT2D eigenvalue weighted by Gasteiger charge is 2.54. The van der Waals surface area contributed by atoms with E-state index in [-0.39, 0.29) is 17.9 Å². The third-order valence-electron chi connectivity index (χ3n) is 5.11. The Hall–Kier alpha value is -1.75. The van der Waals surface area contributed by atoms with E-state index < -0.39 is 5.54 Å². The molecule has 1 heterocycles. The average Bonchev–Trinajstić information content (AvgIpc) is 2.80. The number of nitrogens with one attached hydrogen (secondary N) is 1. The first-order valence-corrected chi connectivity index (χ1v) is 8.93. The van der Waals surface area contributed by atoms with Crippen molar-refractivity contribution in [3.63, 3.8) is 0 Å². The first-order valence-electron chi connectivity index (χ1n) is 8.55. The van der Waals surface area contributed by atoms with Gasteiger partial charge in [-0.1, -0.05) is 31.4 Å². The van der Waals surface area contributed by atoms with Crippen LogP contribution in [0.4, 0.5) is 4.79 Å². The van der Waals surface area contributed by atoms with Crippen molar-refractivity contribution in [3.8, 4) is 5.75 Å². The molecular weight excluding hydrogens is 328 g/mol. The van der Waals surface area contributed by atoms with Crippen LogP contribution in [0.5, 0.6) is 5.75 Å². The van der Waals surface area contributed by atoms with Crippen molar-refractivity contribution in [2.24, 2.45) is 5.92 Å². The Morgan fingerprint density at radius 3 is 2.75 bits per heavy atom. The Balaban J connectivity index is 1.53. The number of benzene rings is 1. The minimum Gasteiger partial charge on any atom is -0.494 e. The summed E-state index contributed by atoms with van der Waals surface area (Å²) in [4.78, 5) is 26.4. The Kier molecular flexibility index (Phi) is 4.99. The van der Waals surface area contributed by atoms with Crippen LogP contribution in [0.3, 0.4) is 0 Å². The van der Waals surface area contributed by atoms with Gasteiger partial charge in [-0.3, -0.25) is 9.69 Å². The summed E-state index contributed by atoms with van der Waals surface area (Å²) in [5.74, 6) is 0.859. The van der Waals surface area contributed by atoms with Gasteiger partial charge in [0.1, 0.15) is 11.3 Å². The fourth-order valence-corrected chi connectivity index (χ4v) is 3.77. The predicted molar refractivity (Wildman–Crippen MR) is 92.2 cm³/mol. The number of carbonyl (C=O) groups is 2. The van der Waals surface area contributed by atoms with Crippen LogP contribution in [0.25, 0.3) is 0 Å². The lowest BCUT2D eigenvalue weighted by Crippen LogP contribution is -2.53. The van der Waals surface area contributed by atoms with Gasteiger partial charge < -0.3 is 10.1 Å². The van der Waals surface area contributed by atoms with Crippen LogP contribution >= 0.6 is 11.6 Å². The molecule has 0 radical (unpaired) electrons. The molecule has 130 valence electrons. The minimum absolute atomic E-state index is 0.0637. The first-order chi connectivity index (χ1) is 11.5. The monoisotopic (exact) mass is 350 g/mol. The van der Waals surface area contributed by atoms with Crippen molar-refractivity contribution in [1.82, 2.24) is 10.2 Å². The highest BCUT2D eigenvalue weighted by molar-refractivity contribution is 6.30. The molecule has 3 rings (SSSR count). The molecule has 1 aromatic carbocycles. The number of hydrogen-bond acceptors (Lipinski definition) is 3. The van der Waals surface area contributed by atoms with Gasteiger partial charge >= 0.3 is 6.03 Å². The Bertz CT molecular complexity index is 619. The minimum atomic E-state index is -0.674. The summed E-state index contributed by atoms with van der Waals surface area (Å²) in [6.07, 6.45) is 4.45. The molecule has 0 aromatic heterocycles. The summed E-state index contributed by atoms with van der Waals surface area (Å²) in [6.45, 7) is 2.89. The molecular formula is C18H23ClN2O3. The highest BCUT2D eigenvalue weighted by atomic mass is 35.5. The van der Waals surface area contributed by atoms with Gasteiger partial charge in [-0.25, -0.2) is 4.79 Å². The fraction of sp³-hybridized carbons (Fsp3) is 0.556. The number of urea groups is 1. The number of carbonyl (C=O) groups excluding carboxylic acids is 2. The quantitative estimate of drug-likeness (QED) is 0.652. The van der Waals surface area contributed by atoms with Crippen LogP contribution in [-0.2, 0) is 4.79 Å². The average molecular weight is 351 g/mol. The zero-order valence-corrected chi connectivity index (χ0v) is 14.6. The number of halogens is 1. The van der Waals surface area contributed by atoms with Crippen LogP contribution in [0.1, 0.15) is 39.0 Å². The van der Waals surface area contributed by atoms with Crippen molar-refractivity contribution in [3.05, 3.63) is 29.3 Å². The van der Waals surface area contributed by atoms with Crippen molar-refractivity contribution in [1.29, 1.82) is 0 Å². The van der Waals surface area contributed by atoms with Gasteiger partial charge in [0.25, 0.3) is 5.91 Å². The smallest absolute Gasteiger partial charge is 0.325 e. The summed E-state index contributed by atoms with van der Waals surface area (Å²) in [5, 5.41) is 3.63. The SMILES string of the molecule is C[C@H]1CCCC[C@]12NC(=O)N(CCCOc1ccc(Cl)cc1)C2=O. The zero-order chi connectivity index (χ0) is 17.2. The maximum absolute atomic E-state index is 12.8. The molecule has 5 nitrogen and oxygen atoms in total. The molecule has 2 atom stereocenters. The summed E-state index contributed by atoms with van der Waals surface area (Å²) >= 11 is 5.83. The highest BCUT2D eigenvalue weighted by Crippen LogP contribution is 2.38. The molecule has 1 aromatic rings. The topological polar surface area (TPSA) is 58.6 Å². The van der Waals surface area contributed by atoms with Crippen LogP contribution in [0.2, 0.25) is 5.02 Å². The molecule has 1 aliphatic heterocycles. The van der Waals surface area contributed by atoms with Gasteiger partial charge in [0.2, 0.25) is 0 Å². The Morgan fingerprint density at radius 1 is 1.29 bits per heavy atom. The third-order valence-corrected chi connectivity index (χ3v) is 5.36. The van der Waals surface area contributed by atoms with E-state index in [1.165, 1.54) is 4.90 Å². The van der Waals surface area contributed by atoms with E-state index in [0.29, 0.717) is 24.6 Å². The lowest BCUT2D eigenvalue weighted by Gasteiger charge is -2.36. The summed E-state index contributed by atoms with van der Waals surface area (Å²) in [5.41, 5.74) is -0.674. The van der Waals surface area contributed by atoms with Crippen LogP contribution in [0.15, 0.2) is 24.3 Å². The number of ether oxygens (including phenoxy) is 1. The molecule has 3 amide bonds. The molecule has 2 fully saturated rings. The maximum Gasteiger partial charge on any atom is 0.325 e.